The molecule has 2 N–H and O–H groups in total. The molecule has 0 spiro atoms. The largest absolute Gasteiger partial charge is 0.321 e. The van der Waals surface area contributed by atoms with E-state index in [0.717, 1.165) is 11.3 Å². The molecule has 1 aliphatic carbocycles. The second kappa shape index (κ2) is 6.17. The minimum absolute atomic E-state index is 0.268. The van der Waals surface area contributed by atoms with Crippen molar-refractivity contribution in [3.63, 3.8) is 0 Å². The molecular formula is C17H16FN7O. The number of aryl methyl sites for hydroxylation is 1. The summed E-state index contributed by atoms with van der Waals surface area (Å²) >= 11 is 0. The van der Waals surface area contributed by atoms with Crippen molar-refractivity contribution >= 4 is 23.4 Å². The van der Waals surface area contributed by atoms with Crippen LogP contribution in [-0.2, 0) is 11.8 Å². The van der Waals surface area contributed by atoms with E-state index in [0.29, 0.717) is 17.5 Å². The third kappa shape index (κ3) is 3.37. The highest BCUT2D eigenvalue weighted by atomic mass is 19.1. The standard InChI is InChI=1S/C17H16FN7O/c1-25-10-12(9-21-25)22-16-19-7-4-13(23-16)11-2-3-14(20-8-11)24-15(26)17(18)5-6-17/h2-4,7-10H,5-6H2,1H3,(H,19,22,23)(H,20,24,26). The van der Waals surface area contributed by atoms with Crippen molar-refractivity contribution in [1.29, 1.82) is 0 Å². The monoisotopic (exact) mass is 353 g/mol. The molecule has 132 valence electrons. The molecule has 9 heteroatoms. The van der Waals surface area contributed by atoms with Crippen molar-refractivity contribution in [1.82, 2.24) is 24.7 Å². The van der Waals surface area contributed by atoms with E-state index in [1.165, 1.54) is 0 Å². The van der Waals surface area contributed by atoms with Crippen molar-refractivity contribution in [3.8, 4) is 11.3 Å². The smallest absolute Gasteiger partial charge is 0.263 e. The lowest BCUT2D eigenvalue weighted by Crippen LogP contribution is -2.25. The van der Waals surface area contributed by atoms with Gasteiger partial charge < -0.3 is 10.6 Å². The van der Waals surface area contributed by atoms with Crippen LogP contribution in [0.2, 0.25) is 0 Å². The van der Waals surface area contributed by atoms with Gasteiger partial charge in [0.2, 0.25) is 5.95 Å². The normalized spacial score (nSPS) is 14.7. The van der Waals surface area contributed by atoms with Gasteiger partial charge in [0.25, 0.3) is 5.91 Å². The lowest BCUT2D eigenvalue weighted by Gasteiger charge is -2.08. The molecule has 0 saturated heterocycles. The van der Waals surface area contributed by atoms with Crippen LogP contribution in [0, 0.1) is 0 Å². The number of nitrogens with one attached hydrogen (secondary N) is 2. The van der Waals surface area contributed by atoms with E-state index in [2.05, 4.69) is 30.7 Å². The van der Waals surface area contributed by atoms with E-state index in [-0.39, 0.29) is 12.8 Å². The summed E-state index contributed by atoms with van der Waals surface area (Å²) in [6.07, 6.45) is 7.23. The topological polar surface area (TPSA) is 97.6 Å². The van der Waals surface area contributed by atoms with Crippen LogP contribution in [0.25, 0.3) is 11.3 Å². The molecule has 1 amide bonds. The number of rotatable bonds is 5. The summed E-state index contributed by atoms with van der Waals surface area (Å²) in [5.41, 5.74) is 0.475. The first-order chi connectivity index (χ1) is 12.5. The maximum atomic E-state index is 13.7. The lowest BCUT2D eigenvalue weighted by atomic mass is 10.2. The predicted octanol–water partition coefficient (Wildman–Crippen LogP) is 2.46. The molecule has 1 aliphatic rings. The zero-order chi connectivity index (χ0) is 18.1. The SMILES string of the molecule is Cn1cc(Nc2nccc(-c3ccc(NC(=O)C4(F)CC4)nc3)n2)cn1. The number of carbonyl (C=O) groups excluding carboxylic acids is 1. The Labute approximate surface area is 148 Å². The fourth-order valence-electron chi connectivity index (χ4n) is 2.38. The zero-order valence-corrected chi connectivity index (χ0v) is 14.0. The van der Waals surface area contributed by atoms with Gasteiger partial charge in [-0.25, -0.2) is 19.3 Å². The van der Waals surface area contributed by atoms with Crippen LogP contribution in [0.3, 0.4) is 0 Å². The van der Waals surface area contributed by atoms with Crippen LogP contribution in [-0.4, -0.2) is 36.3 Å². The number of carbonyl (C=O) groups is 1. The second-order valence-electron chi connectivity index (χ2n) is 6.14. The summed E-state index contributed by atoms with van der Waals surface area (Å²) in [5.74, 6) is 0.106. The van der Waals surface area contributed by atoms with Crippen LogP contribution >= 0.6 is 0 Å². The molecule has 0 bridgehead atoms. The number of nitrogens with zero attached hydrogens (tertiary/aromatic N) is 5. The maximum absolute atomic E-state index is 13.7. The number of pyridine rings is 1. The number of anilines is 3. The molecule has 8 nitrogen and oxygen atoms in total. The third-order valence-corrected chi connectivity index (χ3v) is 4.01. The third-order valence-electron chi connectivity index (χ3n) is 4.01. The Morgan fingerprint density at radius 2 is 2.08 bits per heavy atom. The minimum Gasteiger partial charge on any atom is -0.321 e. The van der Waals surface area contributed by atoms with Gasteiger partial charge in [0.1, 0.15) is 5.82 Å². The Hall–Kier alpha value is -3.36. The molecular weight excluding hydrogens is 337 g/mol. The zero-order valence-electron chi connectivity index (χ0n) is 14.0. The number of halogens is 1. The van der Waals surface area contributed by atoms with E-state index >= 15 is 0 Å². The average Bonchev–Trinajstić information content (AvgIpc) is 3.27. The van der Waals surface area contributed by atoms with Gasteiger partial charge in [0.15, 0.2) is 5.67 Å². The highest BCUT2D eigenvalue weighted by Gasteiger charge is 2.50. The molecule has 0 unspecified atom stereocenters. The highest BCUT2D eigenvalue weighted by molar-refractivity contribution is 5.98. The van der Waals surface area contributed by atoms with Gasteiger partial charge in [-0.05, 0) is 31.0 Å². The Balaban J connectivity index is 1.48. The molecule has 3 aromatic rings. The van der Waals surface area contributed by atoms with E-state index in [1.807, 2.05) is 13.2 Å². The second-order valence-corrected chi connectivity index (χ2v) is 6.14. The summed E-state index contributed by atoms with van der Waals surface area (Å²) in [5, 5.41) is 9.64. The molecule has 1 saturated carbocycles. The molecule has 3 aromatic heterocycles. The first-order valence-electron chi connectivity index (χ1n) is 8.07. The lowest BCUT2D eigenvalue weighted by molar-refractivity contribution is -0.122. The van der Waals surface area contributed by atoms with Gasteiger partial charge in [-0.1, -0.05) is 0 Å². The molecule has 1 fully saturated rings. The molecule has 3 heterocycles. The summed E-state index contributed by atoms with van der Waals surface area (Å²) in [6, 6.07) is 5.14. The summed E-state index contributed by atoms with van der Waals surface area (Å²) in [6.45, 7) is 0. The Kier molecular flexibility index (Phi) is 3.83. The summed E-state index contributed by atoms with van der Waals surface area (Å²) < 4.78 is 15.4. The van der Waals surface area contributed by atoms with Crippen molar-refractivity contribution < 1.29 is 9.18 Å². The molecule has 4 rings (SSSR count). The van der Waals surface area contributed by atoms with E-state index < -0.39 is 11.6 Å². The molecule has 0 atom stereocenters. The van der Waals surface area contributed by atoms with E-state index in [4.69, 9.17) is 0 Å². The number of hydrogen-bond donors (Lipinski definition) is 2. The van der Waals surface area contributed by atoms with Gasteiger partial charge >= 0.3 is 0 Å². The van der Waals surface area contributed by atoms with Crippen LogP contribution < -0.4 is 10.6 Å². The van der Waals surface area contributed by atoms with Gasteiger partial charge in [0, 0.05) is 31.2 Å². The van der Waals surface area contributed by atoms with Crippen molar-refractivity contribution in [2.75, 3.05) is 10.6 Å². The number of amides is 1. The number of alkyl halides is 1. The van der Waals surface area contributed by atoms with Crippen LogP contribution in [0.1, 0.15) is 12.8 Å². The maximum Gasteiger partial charge on any atom is 0.263 e. The molecule has 0 aromatic carbocycles. The van der Waals surface area contributed by atoms with E-state index in [1.54, 1.807) is 41.5 Å². The van der Waals surface area contributed by atoms with Crippen molar-refractivity contribution in [2.24, 2.45) is 7.05 Å². The van der Waals surface area contributed by atoms with Gasteiger partial charge in [0.05, 0.1) is 17.6 Å². The molecule has 0 aliphatic heterocycles. The summed E-state index contributed by atoms with van der Waals surface area (Å²) in [7, 11) is 1.82. The molecule has 0 radical (unpaired) electrons. The fraction of sp³-hybridized carbons (Fsp3) is 0.235. The number of hydrogen-bond acceptors (Lipinski definition) is 6. The Morgan fingerprint density at radius 1 is 1.23 bits per heavy atom. The molecule has 26 heavy (non-hydrogen) atoms. The van der Waals surface area contributed by atoms with Gasteiger partial charge in [-0.3, -0.25) is 9.48 Å². The predicted molar refractivity (Wildman–Crippen MR) is 93.5 cm³/mol. The first-order valence-corrected chi connectivity index (χ1v) is 8.07. The quantitative estimate of drug-likeness (QED) is 0.731. The first kappa shape index (κ1) is 16.1. The van der Waals surface area contributed by atoms with Gasteiger partial charge in [-0.15, -0.1) is 0 Å². The Morgan fingerprint density at radius 3 is 2.73 bits per heavy atom. The fourth-order valence-corrected chi connectivity index (χ4v) is 2.38. The van der Waals surface area contributed by atoms with E-state index in [9.17, 15) is 9.18 Å². The van der Waals surface area contributed by atoms with Crippen LogP contribution in [0.15, 0.2) is 43.0 Å². The van der Waals surface area contributed by atoms with Gasteiger partial charge in [-0.2, -0.15) is 5.10 Å². The van der Waals surface area contributed by atoms with Crippen LogP contribution in [0.5, 0.6) is 0 Å². The minimum atomic E-state index is -1.72. The Bertz CT molecular complexity index is 950. The average molecular weight is 353 g/mol. The van der Waals surface area contributed by atoms with Crippen LogP contribution in [0.4, 0.5) is 21.8 Å². The summed E-state index contributed by atoms with van der Waals surface area (Å²) in [4.78, 5) is 24.5. The highest BCUT2D eigenvalue weighted by Crippen LogP contribution is 2.40. The van der Waals surface area contributed by atoms with Crippen molar-refractivity contribution in [2.45, 2.75) is 18.5 Å². The van der Waals surface area contributed by atoms with Crippen molar-refractivity contribution in [3.05, 3.63) is 43.0 Å². The number of aromatic nitrogens is 5.